The van der Waals surface area contributed by atoms with Crippen molar-refractivity contribution in [3.8, 4) is 11.1 Å². The molecule has 0 aromatic heterocycles. The number of carbonyl (C=O) groups is 2. The normalized spacial score (nSPS) is 14.3. The minimum Gasteiger partial charge on any atom is -0.447 e. The number of rotatable bonds is 6. The van der Waals surface area contributed by atoms with Crippen molar-refractivity contribution in [3.63, 3.8) is 0 Å². The van der Waals surface area contributed by atoms with E-state index in [1.807, 2.05) is 72.8 Å². The number of hydrogen-bond donors (Lipinski definition) is 0. The van der Waals surface area contributed by atoms with Gasteiger partial charge >= 0.3 is 5.97 Å². The van der Waals surface area contributed by atoms with Crippen LogP contribution in [0.4, 0.5) is 0 Å². The molecule has 3 aromatic rings. The third-order valence-electron chi connectivity index (χ3n) is 5.40. The molecule has 1 heterocycles. The largest absolute Gasteiger partial charge is 0.447 e. The molecule has 3 aromatic carbocycles. The predicted molar refractivity (Wildman–Crippen MR) is 117 cm³/mol. The van der Waals surface area contributed by atoms with Crippen molar-refractivity contribution in [1.82, 2.24) is 4.90 Å². The van der Waals surface area contributed by atoms with Gasteiger partial charge in [-0.3, -0.25) is 9.59 Å². The molecule has 1 amide bonds. The van der Waals surface area contributed by atoms with E-state index < -0.39 is 12.1 Å². The molecule has 1 aliphatic rings. The van der Waals surface area contributed by atoms with Crippen molar-refractivity contribution in [1.29, 1.82) is 0 Å². The highest BCUT2D eigenvalue weighted by Gasteiger charge is 2.30. The van der Waals surface area contributed by atoms with Gasteiger partial charge in [-0.25, -0.2) is 0 Å². The van der Waals surface area contributed by atoms with Crippen LogP contribution in [0, 0.1) is 0 Å². The zero-order valence-electron chi connectivity index (χ0n) is 16.9. The van der Waals surface area contributed by atoms with Gasteiger partial charge in [0.1, 0.15) is 0 Å². The molecular formula is C26H25NO3. The average Bonchev–Trinajstić information content (AvgIpc) is 3.34. The maximum absolute atomic E-state index is 13.0. The molecule has 30 heavy (non-hydrogen) atoms. The van der Waals surface area contributed by atoms with Crippen LogP contribution in [0.15, 0.2) is 84.9 Å². The second-order valence-electron chi connectivity index (χ2n) is 7.55. The molecule has 152 valence electrons. The molecule has 1 saturated heterocycles. The van der Waals surface area contributed by atoms with Crippen molar-refractivity contribution in [2.45, 2.75) is 25.4 Å². The van der Waals surface area contributed by atoms with E-state index in [4.69, 9.17) is 4.74 Å². The molecule has 4 heteroatoms. The third kappa shape index (κ3) is 4.77. The average molecular weight is 399 g/mol. The first-order chi connectivity index (χ1) is 14.7. The summed E-state index contributed by atoms with van der Waals surface area (Å²) in [4.78, 5) is 27.5. The topological polar surface area (TPSA) is 46.6 Å². The molecule has 0 radical (unpaired) electrons. The molecule has 0 aliphatic carbocycles. The lowest BCUT2D eigenvalue weighted by Gasteiger charge is -2.23. The summed E-state index contributed by atoms with van der Waals surface area (Å²) in [5.41, 5.74) is 3.80. The van der Waals surface area contributed by atoms with Crippen LogP contribution in [-0.2, 0) is 20.7 Å². The standard InChI is InChI=1S/C26H25NO3/c28-24(19-20-13-15-22(16-14-20)21-9-3-1-4-10-21)30-25(23-11-5-2-6-12-23)26(29)27-17-7-8-18-27/h1-6,9-16,25H,7-8,17-19H2/t25-/m0/s1. The highest BCUT2D eigenvalue weighted by Crippen LogP contribution is 2.24. The maximum atomic E-state index is 13.0. The Morgan fingerprint density at radius 3 is 1.97 bits per heavy atom. The number of nitrogens with zero attached hydrogens (tertiary/aromatic N) is 1. The van der Waals surface area contributed by atoms with Gasteiger partial charge in [0.15, 0.2) is 0 Å². The van der Waals surface area contributed by atoms with E-state index >= 15 is 0 Å². The predicted octanol–water partition coefficient (Wildman–Crippen LogP) is 4.80. The summed E-state index contributed by atoms with van der Waals surface area (Å²) in [5, 5.41) is 0. The Kier molecular flexibility index (Phi) is 6.23. The van der Waals surface area contributed by atoms with Crippen molar-refractivity contribution in [2.24, 2.45) is 0 Å². The molecule has 4 rings (SSSR count). The summed E-state index contributed by atoms with van der Waals surface area (Å²) in [5.74, 6) is -0.532. The van der Waals surface area contributed by atoms with E-state index in [-0.39, 0.29) is 12.3 Å². The first kappa shape index (κ1) is 19.9. The van der Waals surface area contributed by atoms with Crippen LogP contribution in [0.25, 0.3) is 11.1 Å². The second kappa shape index (κ2) is 9.40. The van der Waals surface area contributed by atoms with Gasteiger partial charge in [-0.05, 0) is 29.5 Å². The monoisotopic (exact) mass is 399 g/mol. The van der Waals surface area contributed by atoms with Gasteiger partial charge in [0.05, 0.1) is 6.42 Å². The molecular weight excluding hydrogens is 374 g/mol. The van der Waals surface area contributed by atoms with Crippen LogP contribution < -0.4 is 0 Å². The smallest absolute Gasteiger partial charge is 0.311 e. The third-order valence-corrected chi connectivity index (χ3v) is 5.40. The summed E-state index contributed by atoms with van der Waals surface area (Å²) in [6.07, 6.45) is 1.23. The van der Waals surface area contributed by atoms with Gasteiger partial charge < -0.3 is 9.64 Å². The number of benzene rings is 3. The fraction of sp³-hybridized carbons (Fsp3) is 0.231. The van der Waals surface area contributed by atoms with E-state index in [2.05, 4.69) is 12.1 Å². The first-order valence-electron chi connectivity index (χ1n) is 10.4. The van der Waals surface area contributed by atoms with Crippen molar-refractivity contribution in [3.05, 3.63) is 96.1 Å². The van der Waals surface area contributed by atoms with E-state index in [0.717, 1.165) is 42.6 Å². The number of amides is 1. The quantitative estimate of drug-likeness (QED) is 0.559. The first-order valence-corrected chi connectivity index (χ1v) is 10.4. The van der Waals surface area contributed by atoms with Gasteiger partial charge in [0.2, 0.25) is 6.10 Å². The summed E-state index contributed by atoms with van der Waals surface area (Å²) < 4.78 is 5.70. The maximum Gasteiger partial charge on any atom is 0.311 e. The second-order valence-corrected chi connectivity index (χ2v) is 7.55. The minimum atomic E-state index is -0.889. The van der Waals surface area contributed by atoms with Crippen molar-refractivity contribution >= 4 is 11.9 Å². The Balaban J connectivity index is 1.45. The summed E-state index contributed by atoms with van der Waals surface area (Å²) in [6, 6.07) is 27.2. The molecule has 0 saturated carbocycles. The zero-order valence-corrected chi connectivity index (χ0v) is 16.9. The van der Waals surface area contributed by atoms with Crippen molar-refractivity contribution < 1.29 is 14.3 Å². The molecule has 4 nitrogen and oxygen atoms in total. The van der Waals surface area contributed by atoms with E-state index in [1.165, 1.54) is 0 Å². The number of hydrogen-bond acceptors (Lipinski definition) is 3. The van der Waals surface area contributed by atoms with Crippen LogP contribution in [0.3, 0.4) is 0 Å². The van der Waals surface area contributed by atoms with Gasteiger partial charge in [0.25, 0.3) is 5.91 Å². The Hall–Kier alpha value is -3.40. The van der Waals surface area contributed by atoms with Gasteiger partial charge in [0, 0.05) is 18.7 Å². The lowest BCUT2D eigenvalue weighted by molar-refractivity contribution is -0.160. The molecule has 1 aliphatic heterocycles. The molecule has 0 N–H and O–H groups in total. The van der Waals surface area contributed by atoms with E-state index in [9.17, 15) is 9.59 Å². The SMILES string of the molecule is O=C(Cc1ccc(-c2ccccc2)cc1)O[C@H](C(=O)N1CCCC1)c1ccccc1. The zero-order chi connectivity index (χ0) is 20.8. The molecule has 0 unspecified atom stereocenters. The number of carbonyl (C=O) groups excluding carboxylic acids is 2. The Morgan fingerprint density at radius 1 is 0.767 bits per heavy atom. The Bertz CT molecular complexity index is 978. The lowest BCUT2D eigenvalue weighted by atomic mass is 10.0. The van der Waals surface area contributed by atoms with Crippen LogP contribution >= 0.6 is 0 Å². The Morgan fingerprint density at radius 2 is 1.33 bits per heavy atom. The van der Waals surface area contributed by atoms with Crippen LogP contribution in [-0.4, -0.2) is 29.9 Å². The van der Waals surface area contributed by atoms with Gasteiger partial charge in [-0.2, -0.15) is 0 Å². The minimum absolute atomic E-state index is 0.131. The van der Waals surface area contributed by atoms with Crippen molar-refractivity contribution in [2.75, 3.05) is 13.1 Å². The fourth-order valence-corrected chi connectivity index (χ4v) is 3.78. The number of esters is 1. The van der Waals surface area contributed by atoms with Gasteiger partial charge in [-0.1, -0.05) is 84.9 Å². The summed E-state index contributed by atoms with van der Waals surface area (Å²) >= 11 is 0. The molecule has 0 bridgehead atoms. The molecule has 0 spiro atoms. The van der Waals surface area contributed by atoms with E-state index in [0.29, 0.717) is 5.56 Å². The summed E-state index contributed by atoms with van der Waals surface area (Å²) in [7, 11) is 0. The van der Waals surface area contributed by atoms with E-state index in [1.54, 1.807) is 4.90 Å². The fourth-order valence-electron chi connectivity index (χ4n) is 3.78. The molecule has 1 fully saturated rings. The van der Waals surface area contributed by atoms with Crippen LogP contribution in [0.1, 0.15) is 30.1 Å². The Labute approximate surface area is 177 Å². The highest BCUT2D eigenvalue weighted by atomic mass is 16.5. The number of ether oxygens (including phenoxy) is 1. The van der Waals surface area contributed by atoms with Gasteiger partial charge in [-0.15, -0.1) is 0 Å². The highest BCUT2D eigenvalue weighted by molar-refractivity contribution is 5.85. The summed E-state index contributed by atoms with van der Waals surface area (Å²) in [6.45, 7) is 1.45. The molecule has 1 atom stereocenters. The van der Waals surface area contributed by atoms with Crippen LogP contribution in [0.2, 0.25) is 0 Å². The lowest BCUT2D eigenvalue weighted by Crippen LogP contribution is -2.35. The number of likely N-dealkylation sites (tertiary alicyclic amines) is 1. The van der Waals surface area contributed by atoms with Crippen LogP contribution in [0.5, 0.6) is 0 Å².